The molecular weight excluding hydrogens is 166 g/mol. The average molecular weight is 183 g/mol. The van der Waals surface area contributed by atoms with Gasteiger partial charge < -0.3 is 4.74 Å². The lowest BCUT2D eigenvalue weighted by molar-refractivity contribution is -0.0356. The maximum atomic E-state index is 5.53. The number of hydrogen-bond acceptors (Lipinski definition) is 4. The zero-order chi connectivity index (χ0) is 9.68. The Morgan fingerprint density at radius 1 is 1.85 bits per heavy atom. The Morgan fingerprint density at radius 2 is 2.62 bits per heavy atom. The highest BCUT2D eigenvalue weighted by molar-refractivity contribution is 5.03. The summed E-state index contributed by atoms with van der Waals surface area (Å²) in [7, 11) is 0. The van der Waals surface area contributed by atoms with Crippen LogP contribution in [0.3, 0.4) is 0 Å². The molecule has 1 saturated heterocycles. The molecule has 0 radical (unpaired) electrons. The van der Waals surface area contributed by atoms with Gasteiger partial charge in [-0.2, -0.15) is 0 Å². The van der Waals surface area contributed by atoms with Gasteiger partial charge in [0.15, 0.2) is 0 Å². The highest BCUT2D eigenvalue weighted by Crippen LogP contribution is 2.07. The van der Waals surface area contributed by atoms with Crippen LogP contribution >= 0.6 is 0 Å². The molecule has 0 aliphatic carbocycles. The summed E-state index contributed by atoms with van der Waals surface area (Å²) in [6, 6.07) is -0.186. The molecule has 1 fully saturated rings. The molecule has 2 atom stereocenters. The number of nitrogens with zero attached hydrogens (tertiary/aromatic N) is 1. The number of likely N-dealkylation sites (N-methyl/N-ethyl adjacent to an activating group) is 1. The van der Waals surface area contributed by atoms with E-state index in [2.05, 4.69) is 23.2 Å². The largest absolute Gasteiger partial charge is 0.373 e. The normalized spacial score (nSPS) is 26.7. The van der Waals surface area contributed by atoms with E-state index in [0.717, 1.165) is 26.2 Å². The molecule has 4 heteroatoms. The SMILES string of the molecule is C#CC(NN)C1CN(CC)CCO1. The van der Waals surface area contributed by atoms with Gasteiger partial charge in [-0.3, -0.25) is 10.7 Å². The lowest BCUT2D eigenvalue weighted by Crippen LogP contribution is -2.53. The fourth-order valence-electron chi connectivity index (χ4n) is 1.48. The molecule has 13 heavy (non-hydrogen) atoms. The summed E-state index contributed by atoms with van der Waals surface area (Å²) in [5.74, 6) is 7.89. The minimum Gasteiger partial charge on any atom is -0.373 e. The Bertz CT molecular complexity index is 190. The fourth-order valence-corrected chi connectivity index (χ4v) is 1.48. The highest BCUT2D eigenvalue weighted by atomic mass is 16.5. The van der Waals surface area contributed by atoms with Gasteiger partial charge in [0, 0.05) is 13.1 Å². The number of nitrogens with two attached hydrogens (primary N) is 1. The van der Waals surface area contributed by atoms with Gasteiger partial charge in [-0.05, 0) is 6.54 Å². The Hall–Kier alpha value is -0.600. The fraction of sp³-hybridized carbons (Fsp3) is 0.778. The molecule has 1 heterocycles. The van der Waals surface area contributed by atoms with Crippen LogP contribution in [0.5, 0.6) is 0 Å². The van der Waals surface area contributed by atoms with E-state index in [4.69, 9.17) is 17.0 Å². The van der Waals surface area contributed by atoms with Crippen molar-refractivity contribution in [3.05, 3.63) is 0 Å². The minimum atomic E-state index is -0.186. The summed E-state index contributed by atoms with van der Waals surface area (Å²) in [6.07, 6.45) is 5.33. The van der Waals surface area contributed by atoms with E-state index >= 15 is 0 Å². The second-order valence-electron chi connectivity index (χ2n) is 3.11. The standard InChI is InChI=1S/C9H17N3O/c1-3-8(11-10)9-7-12(4-2)5-6-13-9/h1,8-9,11H,4-7,10H2,2H3. The summed E-state index contributed by atoms with van der Waals surface area (Å²) >= 11 is 0. The van der Waals surface area contributed by atoms with E-state index in [1.54, 1.807) is 0 Å². The van der Waals surface area contributed by atoms with Crippen molar-refractivity contribution in [3.8, 4) is 12.3 Å². The molecule has 0 saturated carbocycles. The summed E-state index contributed by atoms with van der Waals surface area (Å²) in [5, 5.41) is 0. The number of terminal acetylenes is 1. The van der Waals surface area contributed by atoms with Crippen LogP contribution in [0.2, 0.25) is 0 Å². The third-order valence-corrected chi connectivity index (χ3v) is 2.36. The van der Waals surface area contributed by atoms with Crippen molar-refractivity contribution >= 4 is 0 Å². The molecule has 1 rings (SSSR count). The molecule has 74 valence electrons. The van der Waals surface area contributed by atoms with Crippen molar-refractivity contribution in [3.63, 3.8) is 0 Å². The summed E-state index contributed by atoms with van der Waals surface area (Å²) in [6.45, 7) is 5.73. The van der Waals surface area contributed by atoms with Crippen LogP contribution in [0, 0.1) is 12.3 Å². The molecule has 0 amide bonds. The lowest BCUT2D eigenvalue weighted by atomic mass is 10.1. The first-order valence-corrected chi connectivity index (χ1v) is 4.58. The molecule has 4 nitrogen and oxygen atoms in total. The lowest BCUT2D eigenvalue weighted by Gasteiger charge is -2.34. The molecule has 1 aliphatic rings. The van der Waals surface area contributed by atoms with Gasteiger partial charge in [-0.25, -0.2) is 5.43 Å². The third kappa shape index (κ3) is 2.68. The Balaban J connectivity index is 2.46. The van der Waals surface area contributed by atoms with E-state index in [1.165, 1.54) is 0 Å². The molecular formula is C9H17N3O. The average Bonchev–Trinajstić information content (AvgIpc) is 2.20. The molecule has 0 aromatic heterocycles. The molecule has 0 spiro atoms. The second-order valence-corrected chi connectivity index (χ2v) is 3.11. The number of nitrogens with one attached hydrogen (secondary N) is 1. The van der Waals surface area contributed by atoms with Gasteiger partial charge >= 0.3 is 0 Å². The Kier molecular flexibility index (Phi) is 4.19. The number of hydrazine groups is 1. The van der Waals surface area contributed by atoms with Crippen molar-refractivity contribution in [2.45, 2.75) is 19.1 Å². The van der Waals surface area contributed by atoms with E-state index in [1.807, 2.05) is 0 Å². The summed E-state index contributed by atoms with van der Waals surface area (Å²) in [4.78, 5) is 2.30. The zero-order valence-corrected chi connectivity index (χ0v) is 7.99. The first-order valence-electron chi connectivity index (χ1n) is 4.58. The summed E-state index contributed by atoms with van der Waals surface area (Å²) < 4.78 is 5.53. The first-order chi connectivity index (χ1) is 6.31. The van der Waals surface area contributed by atoms with Gasteiger partial charge in [-0.1, -0.05) is 12.8 Å². The molecule has 0 aromatic carbocycles. The van der Waals surface area contributed by atoms with Crippen LogP contribution in [0.4, 0.5) is 0 Å². The van der Waals surface area contributed by atoms with Crippen molar-refractivity contribution in [2.24, 2.45) is 5.84 Å². The van der Waals surface area contributed by atoms with Crippen molar-refractivity contribution in [1.29, 1.82) is 0 Å². The third-order valence-electron chi connectivity index (χ3n) is 2.36. The van der Waals surface area contributed by atoms with Crippen LogP contribution < -0.4 is 11.3 Å². The molecule has 2 unspecified atom stereocenters. The number of hydrogen-bond donors (Lipinski definition) is 2. The van der Waals surface area contributed by atoms with E-state index in [0.29, 0.717) is 0 Å². The predicted molar refractivity (Wildman–Crippen MR) is 51.8 cm³/mol. The van der Waals surface area contributed by atoms with Gasteiger partial charge in [0.2, 0.25) is 0 Å². The minimum absolute atomic E-state index is 0.0173. The van der Waals surface area contributed by atoms with Crippen LogP contribution in [0.15, 0.2) is 0 Å². The van der Waals surface area contributed by atoms with E-state index < -0.39 is 0 Å². The molecule has 3 N–H and O–H groups in total. The number of morpholine rings is 1. The van der Waals surface area contributed by atoms with Crippen LogP contribution in [0.25, 0.3) is 0 Å². The predicted octanol–water partition coefficient (Wildman–Crippen LogP) is -0.828. The van der Waals surface area contributed by atoms with Crippen molar-refractivity contribution in [1.82, 2.24) is 10.3 Å². The van der Waals surface area contributed by atoms with E-state index in [9.17, 15) is 0 Å². The first kappa shape index (κ1) is 10.5. The van der Waals surface area contributed by atoms with Crippen molar-refractivity contribution < 1.29 is 4.74 Å². The maximum absolute atomic E-state index is 5.53. The van der Waals surface area contributed by atoms with Crippen LogP contribution in [-0.2, 0) is 4.74 Å². The second kappa shape index (κ2) is 5.20. The van der Waals surface area contributed by atoms with Gasteiger partial charge in [0.25, 0.3) is 0 Å². The van der Waals surface area contributed by atoms with Gasteiger partial charge in [0.05, 0.1) is 12.7 Å². The quantitative estimate of drug-likeness (QED) is 0.341. The topological polar surface area (TPSA) is 50.5 Å². The number of rotatable bonds is 3. The van der Waals surface area contributed by atoms with Crippen molar-refractivity contribution in [2.75, 3.05) is 26.2 Å². The molecule has 1 aliphatic heterocycles. The Labute approximate surface area is 79.4 Å². The number of ether oxygens (including phenoxy) is 1. The van der Waals surface area contributed by atoms with Gasteiger partial charge in [0.1, 0.15) is 6.04 Å². The molecule has 0 aromatic rings. The smallest absolute Gasteiger partial charge is 0.109 e. The van der Waals surface area contributed by atoms with Crippen LogP contribution in [0.1, 0.15) is 6.92 Å². The zero-order valence-electron chi connectivity index (χ0n) is 7.99. The van der Waals surface area contributed by atoms with E-state index in [-0.39, 0.29) is 12.1 Å². The Morgan fingerprint density at radius 3 is 3.15 bits per heavy atom. The highest BCUT2D eigenvalue weighted by Gasteiger charge is 2.25. The van der Waals surface area contributed by atoms with Crippen LogP contribution in [-0.4, -0.2) is 43.3 Å². The maximum Gasteiger partial charge on any atom is 0.109 e. The van der Waals surface area contributed by atoms with Gasteiger partial charge in [-0.15, -0.1) is 6.42 Å². The molecule has 0 bridgehead atoms. The summed E-state index contributed by atoms with van der Waals surface area (Å²) in [5.41, 5.74) is 2.58. The monoisotopic (exact) mass is 183 g/mol.